The van der Waals surface area contributed by atoms with Crippen LogP contribution >= 0.6 is 0 Å². The van der Waals surface area contributed by atoms with E-state index in [2.05, 4.69) is 47.8 Å². The Morgan fingerprint density at radius 3 is 3.00 bits per heavy atom. The summed E-state index contributed by atoms with van der Waals surface area (Å²) in [6, 6.07) is 6.72. The fourth-order valence-corrected chi connectivity index (χ4v) is 2.49. The van der Waals surface area contributed by atoms with Gasteiger partial charge in [0.2, 0.25) is 0 Å². The Labute approximate surface area is 95.9 Å². The zero-order chi connectivity index (χ0) is 11.1. The first-order valence-corrected chi connectivity index (χ1v) is 5.88. The van der Waals surface area contributed by atoms with Crippen LogP contribution < -0.4 is 0 Å². The maximum Gasteiger partial charge on any atom is 0.140 e. The third-order valence-corrected chi connectivity index (χ3v) is 3.25. The Morgan fingerprint density at radius 2 is 2.12 bits per heavy atom. The number of hydrogen-bond donors (Lipinski definition) is 0. The molecule has 0 saturated heterocycles. The van der Waals surface area contributed by atoms with Gasteiger partial charge in [0.1, 0.15) is 5.82 Å². The summed E-state index contributed by atoms with van der Waals surface area (Å²) < 4.78 is 2.29. The molecule has 0 amide bonds. The van der Waals surface area contributed by atoms with Gasteiger partial charge < -0.3 is 4.57 Å². The number of aryl methyl sites for hydroxylation is 4. The van der Waals surface area contributed by atoms with Gasteiger partial charge in [0, 0.05) is 18.3 Å². The fourth-order valence-electron chi connectivity index (χ4n) is 2.49. The van der Waals surface area contributed by atoms with E-state index in [0.717, 1.165) is 24.5 Å². The molecule has 2 nitrogen and oxygen atoms in total. The van der Waals surface area contributed by atoms with Crippen LogP contribution in [0.1, 0.15) is 23.2 Å². The standard InChI is InChI=1S/C14H16N2/c1-10-5-6-12-4-3-7-16-9-11(2)15-14(16)13(12)8-10/h5-6,8-9H,3-4,7H2,1-2H3. The molecule has 2 heterocycles. The molecule has 0 fully saturated rings. The highest BCUT2D eigenvalue weighted by Gasteiger charge is 2.15. The Hall–Kier alpha value is -1.57. The number of benzene rings is 1. The van der Waals surface area contributed by atoms with Crippen molar-refractivity contribution < 1.29 is 0 Å². The van der Waals surface area contributed by atoms with Crippen molar-refractivity contribution in [1.29, 1.82) is 0 Å². The van der Waals surface area contributed by atoms with Crippen molar-refractivity contribution >= 4 is 0 Å². The molecule has 0 aliphatic carbocycles. The van der Waals surface area contributed by atoms with Crippen molar-refractivity contribution in [3.8, 4) is 11.4 Å². The second kappa shape index (κ2) is 3.48. The maximum absolute atomic E-state index is 4.66. The third kappa shape index (κ3) is 1.45. The molecule has 1 aliphatic rings. The van der Waals surface area contributed by atoms with Gasteiger partial charge in [0.05, 0.1) is 5.69 Å². The van der Waals surface area contributed by atoms with Gasteiger partial charge >= 0.3 is 0 Å². The second-order valence-electron chi connectivity index (χ2n) is 4.66. The van der Waals surface area contributed by atoms with Crippen LogP contribution in [0.2, 0.25) is 0 Å². The minimum Gasteiger partial charge on any atom is -0.331 e. The largest absolute Gasteiger partial charge is 0.331 e. The zero-order valence-electron chi connectivity index (χ0n) is 9.83. The van der Waals surface area contributed by atoms with Gasteiger partial charge in [-0.15, -0.1) is 0 Å². The van der Waals surface area contributed by atoms with Crippen LogP contribution in [-0.4, -0.2) is 9.55 Å². The first-order valence-electron chi connectivity index (χ1n) is 5.88. The van der Waals surface area contributed by atoms with E-state index in [1.807, 2.05) is 0 Å². The van der Waals surface area contributed by atoms with Gasteiger partial charge in [-0.2, -0.15) is 0 Å². The highest BCUT2D eigenvalue weighted by molar-refractivity contribution is 5.63. The van der Waals surface area contributed by atoms with Crippen LogP contribution in [0.15, 0.2) is 24.4 Å². The highest BCUT2D eigenvalue weighted by atomic mass is 15.1. The van der Waals surface area contributed by atoms with E-state index in [1.165, 1.54) is 23.1 Å². The minimum absolute atomic E-state index is 1.09. The summed E-state index contributed by atoms with van der Waals surface area (Å²) in [5, 5.41) is 0. The number of rotatable bonds is 0. The highest BCUT2D eigenvalue weighted by Crippen LogP contribution is 2.28. The molecular weight excluding hydrogens is 196 g/mol. The van der Waals surface area contributed by atoms with E-state index in [1.54, 1.807) is 0 Å². The van der Waals surface area contributed by atoms with Crippen molar-refractivity contribution in [2.75, 3.05) is 0 Å². The van der Waals surface area contributed by atoms with Crippen molar-refractivity contribution in [3.05, 3.63) is 41.2 Å². The number of fused-ring (bicyclic) bond motifs is 3. The minimum atomic E-state index is 1.09. The molecule has 0 unspecified atom stereocenters. The van der Waals surface area contributed by atoms with Gasteiger partial charge in [-0.3, -0.25) is 0 Å². The smallest absolute Gasteiger partial charge is 0.140 e. The molecule has 0 bridgehead atoms. The van der Waals surface area contributed by atoms with Crippen LogP contribution in [0.3, 0.4) is 0 Å². The van der Waals surface area contributed by atoms with E-state index >= 15 is 0 Å². The predicted octanol–water partition coefficient (Wildman–Crippen LogP) is 3.11. The second-order valence-corrected chi connectivity index (χ2v) is 4.66. The number of imidazole rings is 1. The molecule has 0 atom stereocenters. The van der Waals surface area contributed by atoms with E-state index in [9.17, 15) is 0 Å². The maximum atomic E-state index is 4.66. The Balaban J connectivity index is 2.27. The topological polar surface area (TPSA) is 17.8 Å². The lowest BCUT2D eigenvalue weighted by molar-refractivity contribution is 0.661. The lowest BCUT2D eigenvalue weighted by Crippen LogP contribution is -1.96. The molecule has 1 aromatic heterocycles. The molecule has 0 saturated carbocycles. The lowest BCUT2D eigenvalue weighted by Gasteiger charge is -2.06. The SMILES string of the molecule is Cc1ccc2c(c1)-c1nc(C)cn1CCC2. The van der Waals surface area contributed by atoms with Crippen molar-refractivity contribution in [3.63, 3.8) is 0 Å². The first-order chi connectivity index (χ1) is 7.74. The molecule has 3 rings (SSSR count). The van der Waals surface area contributed by atoms with Crippen LogP contribution in [0.25, 0.3) is 11.4 Å². The van der Waals surface area contributed by atoms with Gasteiger partial charge in [0.25, 0.3) is 0 Å². The van der Waals surface area contributed by atoms with Gasteiger partial charge in [0.15, 0.2) is 0 Å². The summed E-state index contributed by atoms with van der Waals surface area (Å²) >= 11 is 0. The van der Waals surface area contributed by atoms with Crippen molar-refractivity contribution in [1.82, 2.24) is 9.55 Å². The summed E-state index contributed by atoms with van der Waals surface area (Å²) in [5.41, 5.74) is 5.19. The third-order valence-electron chi connectivity index (χ3n) is 3.25. The average molecular weight is 212 g/mol. The fraction of sp³-hybridized carbons (Fsp3) is 0.357. The molecule has 0 N–H and O–H groups in total. The molecule has 1 aromatic carbocycles. The average Bonchev–Trinajstić information content (AvgIpc) is 2.54. The van der Waals surface area contributed by atoms with Crippen LogP contribution in [0.4, 0.5) is 0 Å². The van der Waals surface area contributed by atoms with E-state index in [4.69, 9.17) is 0 Å². The van der Waals surface area contributed by atoms with Gasteiger partial charge in [-0.1, -0.05) is 17.7 Å². The van der Waals surface area contributed by atoms with Crippen LogP contribution in [0, 0.1) is 13.8 Å². The summed E-state index contributed by atoms with van der Waals surface area (Å²) in [4.78, 5) is 4.66. The van der Waals surface area contributed by atoms with Crippen molar-refractivity contribution in [2.24, 2.45) is 0 Å². The van der Waals surface area contributed by atoms with Gasteiger partial charge in [-0.25, -0.2) is 4.98 Å². The summed E-state index contributed by atoms with van der Waals surface area (Å²) in [5.74, 6) is 1.15. The Kier molecular flexibility index (Phi) is 2.10. The molecule has 0 radical (unpaired) electrons. The molecule has 82 valence electrons. The predicted molar refractivity (Wildman–Crippen MR) is 65.5 cm³/mol. The molecular formula is C14H16N2. The number of nitrogens with zero attached hydrogens (tertiary/aromatic N) is 2. The van der Waals surface area contributed by atoms with E-state index in [-0.39, 0.29) is 0 Å². The molecule has 0 spiro atoms. The van der Waals surface area contributed by atoms with E-state index < -0.39 is 0 Å². The molecule has 2 heteroatoms. The van der Waals surface area contributed by atoms with Crippen LogP contribution in [0.5, 0.6) is 0 Å². The number of hydrogen-bond acceptors (Lipinski definition) is 1. The zero-order valence-corrected chi connectivity index (χ0v) is 9.83. The molecule has 1 aliphatic heterocycles. The molecule has 2 aromatic rings. The van der Waals surface area contributed by atoms with Gasteiger partial charge in [-0.05, 0) is 38.3 Å². The Morgan fingerprint density at radius 1 is 1.25 bits per heavy atom. The van der Waals surface area contributed by atoms with Crippen molar-refractivity contribution in [2.45, 2.75) is 33.2 Å². The normalized spacial score (nSPS) is 14.1. The summed E-state index contributed by atoms with van der Waals surface area (Å²) in [6.07, 6.45) is 4.53. The number of aromatic nitrogens is 2. The summed E-state index contributed by atoms with van der Waals surface area (Å²) in [7, 11) is 0. The first kappa shape index (κ1) is 9.64. The Bertz CT molecular complexity index is 538. The summed E-state index contributed by atoms with van der Waals surface area (Å²) in [6.45, 7) is 5.30. The van der Waals surface area contributed by atoms with E-state index in [0.29, 0.717) is 0 Å². The van der Waals surface area contributed by atoms with Crippen LogP contribution in [-0.2, 0) is 13.0 Å². The monoisotopic (exact) mass is 212 g/mol. The quantitative estimate of drug-likeness (QED) is 0.656. The molecule has 16 heavy (non-hydrogen) atoms. The lowest BCUT2D eigenvalue weighted by atomic mass is 10.0.